The zero-order valence-corrected chi connectivity index (χ0v) is 13.5. The molecule has 0 aliphatic heterocycles. The first-order chi connectivity index (χ1) is 11.7. The number of ether oxygens (including phenoxy) is 1. The summed E-state index contributed by atoms with van der Waals surface area (Å²) in [6, 6.07) is 12.7. The number of hydrazone groups is 1. The minimum absolute atomic E-state index is 0.104. The Bertz CT molecular complexity index is 893. The van der Waals surface area contributed by atoms with Gasteiger partial charge >= 0.3 is 0 Å². The second kappa shape index (κ2) is 6.95. The van der Waals surface area contributed by atoms with Crippen LogP contribution in [0.4, 0.5) is 5.82 Å². The molecule has 0 atom stereocenters. The zero-order valence-electron chi connectivity index (χ0n) is 13.5. The van der Waals surface area contributed by atoms with Gasteiger partial charge in [0.15, 0.2) is 5.82 Å². The van der Waals surface area contributed by atoms with Gasteiger partial charge in [0.25, 0.3) is 0 Å². The van der Waals surface area contributed by atoms with Crippen molar-refractivity contribution in [1.82, 2.24) is 9.97 Å². The molecule has 6 nitrogen and oxygen atoms in total. The lowest BCUT2D eigenvalue weighted by molar-refractivity contribution is 0.337. The van der Waals surface area contributed by atoms with Gasteiger partial charge in [-0.3, -0.25) is 5.43 Å². The first-order valence-corrected chi connectivity index (χ1v) is 7.65. The molecule has 3 aromatic rings. The molecular formula is C18H18N4O2. The van der Waals surface area contributed by atoms with Gasteiger partial charge in [0, 0.05) is 11.6 Å². The Hall–Kier alpha value is -3.15. The Morgan fingerprint density at radius 1 is 1.17 bits per heavy atom. The van der Waals surface area contributed by atoms with Crippen molar-refractivity contribution in [1.29, 1.82) is 0 Å². The van der Waals surface area contributed by atoms with Crippen molar-refractivity contribution < 1.29 is 9.84 Å². The Labute approximate surface area is 139 Å². The third-order valence-corrected chi connectivity index (χ3v) is 3.43. The molecule has 1 aromatic heterocycles. The number of aromatic nitrogens is 2. The number of aryl methyl sites for hydroxylation is 1. The van der Waals surface area contributed by atoms with Gasteiger partial charge < -0.3 is 9.84 Å². The second-order valence-electron chi connectivity index (χ2n) is 5.17. The maximum Gasteiger partial charge on any atom is 0.168 e. The molecule has 6 heteroatoms. The van der Waals surface area contributed by atoms with Gasteiger partial charge in [-0.15, -0.1) is 0 Å². The number of hydrogen-bond donors (Lipinski definition) is 2. The smallest absolute Gasteiger partial charge is 0.168 e. The van der Waals surface area contributed by atoms with Crippen LogP contribution < -0.4 is 10.2 Å². The van der Waals surface area contributed by atoms with Crippen LogP contribution in [0.25, 0.3) is 11.0 Å². The number of aromatic hydroxyl groups is 1. The number of rotatable bonds is 5. The molecule has 0 amide bonds. The third-order valence-electron chi connectivity index (χ3n) is 3.43. The molecule has 0 bridgehead atoms. The number of nitrogens with one attached hydrogen (secondary N) is 1. The van der Waals surface area contributed by atoms with Gasteiger partial charge in [-0.05, 0) is 38.1 Å². The molecule has 0 aliphatic rings. The molecule has 2 N–H and O–H groups in total. The molecule has 1 heterocycles. The maximum atomic E-state index is 9.98. The van der Waals surface area contributed by atoms with E-state index in [9.17, 15) is 5.11 Å². The number of anilines is 1. The Morgan fingerprint density at radius 2 is 1.92 bits per heavy atom. The van der Waals surface area contributed by atoms with Crippen LogP contribution in [0.2, 0.25) is 0 Å². The first kappa shape index (κ1) is 15.7. The van der Waals surface area contributed by atoms with Crippen LogP contribution in [-0.2, 0) is 0 Å². The SMILES string of the molecule is CCOc1ccc(/C=N/Nc2nc3ccccc3nc2C)c(O)c1. The van der Waals surface area contributed by atoms with E-state index < -0.39 is 0 Å². The first-order valence-electron chi connectivity index (χ1n) is 7.65. The summed E-state index contributed by atoms with van der Waals surface area (Å²) in [6.07, 6.45) is 1.53. The van der Waals surface area contributed by atoms with Crippen molar-refractivity contribution in [3.05, 3.63) is 53.7 Å². The summed E-state index contributed by atoms with van der Waals surface area (Å²) in [5.74, 6) is 1.31. The molecule has 0 saturated carbocycles. The van der Waals surface area contributed by atoms with Crippen molar-refractivity contribution in [3.63, 3.8) is 0 Å². The Balaban J connectivity index is 1.78. The van der Waals surface area contributed by atoms with E-state index >= 15 is 0 Å². The van der Waals surface area contributed by atoms with E-state index in [4.69, 9.17) is 4.74 Å². The minimum Gasteiger partial charge on any atom is -0.507 e. The fourth-order valence-electron chi connectivity index (χ4n) is 2.25. The van der Waals surface area contributed by atoms with Gasteiger partial charge in [0.05, 0.1) is 29.5 Å². The van der Waals surface area contributed by atoms with E-state index in [2.05, 4.69) is 20.5 Å². The number of benzene rings is 2. The molecule has 3 rings (SSSR count). The van der Waals surface area contributed by atoms with Crippen molar-refractivity contribution in [2.75, 3.05) is 12.0 Å². The Kier molecular flexibility index (Phi) is 4.56. The molecule has 0 radical (unpaired) electrons. The van der Waals surface area contributed by atoms with Gasteiger partial charge in [0.2, 0.25) is 0 Å². The molecule has 122 valence electrons. The highest BCUT2D eigenvalue weighted by atomic mass is 16.5. The predicted molar refractivity (Wildman–Crippen MR) is 94.8 cm³/mol. The van der Waals surface area contributed by atoms with Crippen molar-refractivity contribution in [2.45, 2.75) is 13.8 Å². The van der Waals surface area contributed by atoms with Gasteiger partial charge in [-0.25, -0.2) is 9.97 Å². The van der Waals surface area contributed by atoms with Crippen LogP contribution in [0, 0.1) is 6.92 Å². The predicted octanol–water partition coefficient (Wildman–Crippen LogP) is 3.49. The fourth-order valence-corrected chi connectivity index (χ4v) is 2.25. The monoisotopic (exact) mass is 322 g/mol. The van der Waals surface area contributed by atoms with Crippen LogP contribution in [0.3, 0.4) is 0 Å². The lowest BCUT2D eigenvalue weighted by Crippen LogP contribution is -1.99. The van der Waals surface area contributed by atoms with Crippen LogP contribution in [0.1, 0.15) is 18.2 Å². The highest BCUT2D eigenvalue weighted by Crippen LogP contribution is 2.22. The summed E-state index contributed by atoms with van der Waals surface area (Å²) >= 11 is 0. The summed E-state index contributed by atoms with van der Waals surface area (Å²) in [5, 5.41) is 14.1. The van der Waals surface area contributed by atoms with Crippen LogP contribution in [0.15, 0.2) is 47.6 Å². The van der Waals surface area contributed by atoms with Gasteiger partial charge in [0.1, 0.15) is 11.5 Å². The number of para-hydroxylation sites is 2. The normalized spacial score (nSPS) is 11.1. The second-order valence-corrected chi connectivity index (χ2v) is 5.17. The Morgan fingerprint density at radius 3 is 2.62 bits per heavy atom. The number of phenolic OH excluding ortho intramolecular Hbond substituents is 1. The van der Waals surface area contributed by atoms with Crippen molar-refractivity contribution in [2.24, 2.45) is 5.10 Å². The van der Waals surface area contributed by atoms with E-state index in [0.29, 0.717) is 23.7 Å². The summed E-state index contributed by atoms with van der Waals surface area (Å²) in [6.45, 7) is 4.31. The highest BCUT2D eigenvalue weighted by Gasteiger charge is 2.04. The number of nitrogens with zero attached hydrogens (tertiary/aromatic N) is 3. The van der Waals surface area contributed by atoms with E-state index in [1.165, 1.54) is 6.21 Å². The molecule has 0 spiro atoms. The van der Waals surface area contributed by atoms with Gasteiger partial charge in [-0.1, -0.05) is 12.1 Å². The summed E-state index contributed by atoms with van der Waals surface area (Å²) in [5.41, 5.74) is 5.84. The van der Waals surface area contributed by atoms with Crippen molar-refractivity contribution in [3.8, 4) is 11.5 Å². The van der Waals surface area contributed by atoms with Crippen molar-refractivity contribution >= 4 is 23.1 Å². The average Bonchev–Trinajstić information content (AvgIpc) is 2.57. The highest BCUT2D eigenvalue weighted by molar-refractivity contribution is 5.84. The zero-order chi connectivity index (χ0) is 16.9. The molecule has 0 saturated heterocycles. The average molecular weight is 322 g/mol. The third kappa shape index (κ3) is 3.43. The lowest BCUT2D eigenvalue weighted by atomic mass is 10.2. The van der Waals surface area contributed by atoms with Gasteiger partial charge in [-0.2, -0.15) is 5.10 Å². The van der Waals surface area contributed by atoms with Crippen LogP contribution >= 0.6 is 0 Å². The largest absolute Gasteiger partial charge is 0.507 e. The standard InChI is InChI=1S/C18H18N4O2/c1-3-24-14-9-8-13(17(23)10-14)11-19-22-18-12(2)20-15-6-4-5-7-16(15)21-18/h4-11,23H,3H2,1-2H3,(H,21,22)/b19-11+. The molecule has 24 heavy (non-hydrogen) atoms. The molecule has 2 aromatic carbocycles. The quantitative estimate of drug-likeness (QED) is 0.555. The fraction of sp³-hybridized carbons (Fsp3) is 0.167. The van der Waals surface area contributed by atoms with E-state index in [-0.39, 0.29) is 5.75 Å². The maximum absolute atomic E-state index is 9.98. The molecule has 0 unspecified atom stereocenters. The molecular weight excluding hydrogens is 304 g/mol. The van der Waals surface area contributed by atoms with Crippen LogP contribution in [-0.4, -0.2) is 27.9 Å². The number of fused-ring (bicyclic) bond motifs is 1. The summed E-state index contributed by atoms with van der Waals surface area (Å²) in [4.78, 5) is 8.98. The molecule has 0 fully saturated rings. The number of hydrogen-bond acceptors (Lipinski definition) is 6. The lowest BCUT2D eigenvalue weighted by Gasteiger charge is -2.06. The van der Waals surface area contributed by atoms with Crippen LogP contribution in [0.5, 0.6) is 11.5 Å². The summed E-state index contributed by atoms with van der Waals surface area (Å²) in [7, 11) is 0. The van der Waals surface area contributed by atoms with E-state index in [1.54, 1.807) is 18.2 Å². The van der Waals surface area contributed by atoms with E-state index in [0.717, 1.165) is 16.7 Å². The minimum atomic E-state index is 0.104. The van der Waals surface area contributed by atoms with E-state index in [1.807, 2.05) is 38.1 Å². The topological polar surface area (TPSA) is 79.6 Å². The summed E-state index contributed by atoms with van der Waals surface area (Å²) < 4.78 is 5.33. The molecule has 0 aliphatic carbocycles. The number of phenols is 1.